The van der Waals surface area contributed by atoms with E-state index in [1.807, 2.05) is 12.1 Å². The molecular formula is C21H28N6OS. The highest BCUT2D eigenvalue weighted by Crippen LogP contribution is 2.39. The van der Waals surface area contributed by atoms with Gasteiger partial charge in [0.2, 0.25) is 5.96 Å². The Morgan fingerprint density at radius 2 is 2.28 bits per heavy atom. The highest BCUT2D eigenvalue weighted by atomic mass is 32.2. The third kappa shape index (κ3) is 3.91. The first kappa shape index (κ1) is 20.0. The molecule has 29 heavy (non-hydrogen) atoms. The molecule has 3 aliphatic rings. The first-order valence-corrected chi connectivity index (χ1v) is 10.8. The summed E-state index contributed by atoms with van der Waals surface area (Å²) < 4.78 is 3.52. The fraction of sp³-hybridized carbons (Fsp3) is 0.476. The Kier molecular flexibility index (Phi) is 5.40. The van der Waals surface area contributed by atoms with Crippen LogP contribution in [0.3, 0.4) is 0 Å². The minimum atomic E-state index is -0.0481. The van der Waals surface area contributed by atoms with Gasteiger partial charge in [-0.15, -0.1) is 0 Å². The van der Waals surface area contributed by atoms with Crippen molar-refractivity contribution >= 4 is 35.7 Å². The molecule has 8 heteroatoms. The molecule has 1 aliphatic carbocycles. The number of anilines is 1. The van der Waals surface area contributed by atoms with Crippen LogP contribution in [0.2, 0.25) is 0 Å². The number of hydrogen-bond acceptors (Lipinski definition) is 7. The van der Waals surface area contributed by atoms with Crippen LogP contribution in [0, 0.1) is 0 Å². The summed E-state index contributed by atoms with van der Waals surface area (Å²) in [5, 5.41) is 0. The molecule has 0 radical (unpaired) electrons. The van der Waals surface area contributed by atoms with E-state index in [0.29, 0.717) is 24.6 Å². The minimum Gasteiger partial charge on any atom is -0.404 e. The highest BCUT2D eigenvalue weighted by Gasteiger charge is 2.40. The monoisotopic (exact) mass is 412 g/mol. The van der Waals surface area contributed by atoms with E-state index in [9.17, 15) is 4.79 Å². The smallest absolute Gasteiger partial charge is 0.263 e. The fourth-order valence-electron chi connectivity index (χ4n) is 3.61. The molecule has 154 valence electrons. The van der Waals surface area contributed by atoms with E-state index in [0.717, 1.165) is 22.6 Å². The number of carbonyl (C=O) groups is 1. The zero-order chi connectivity index (χ0) is 20.6. The van der Waals surface area contributed by atoms with Crippen molar-refractivity contribution in [1.29, 1.82) is 0 Å². The number of nitrogens with zero attached hydrogens (tertiary/aromatic N) is 4. The van der Waals surface area contributed by atoms with Crippen LogP contribution in [-0.4, -0.2) is 54.7 Å². The molecule has 1 saturated carbocycles. The van der Waals surface area contributed by atoms with Crippen LogP contribution in [0.4, 0.5) is 5.69 Å². The number of nitrogens with two attached hydrogens (primary N) is 1. The standard InChI is InChI=1S/C21H28N6OS/c1-14-6-9-24-20-26(13-15(11-22)12-23-3)19(28)17-10-16(4-5-18(17)27(14)20)29-25-21(2)7-8-21/h4-5,10-12,14,25H,6-9,13,22H2,1-3H3/b15-11+,23-12?/t14-/m0/s1. The van der Waals surface area contributed by atoms with E-state index >= 15 is 0 Å². The molecule has 4 rings (SSSR count). The number of nitrogens with one attached hydrogen (secondary N) is 1. The lowest BCUT2D eigenvalue weighted by Gasteiger charge is -2.44. The molecule has 3 N–H and O–H groups in total. The number of rotatable bonds is 6. The largest absolute Gasteiger partial charge is 0.404 e. The van der Waals surface area contributed by atoms with Crippen molar-refractivity contribution in [1.82, 2.24) is 9.62 Å². The maximum atomic E-state index is 13.5. The van der Waals surface area contributed by atoms with Crippen molar-refractivity contribution in [3.8, 4) is 0 Å². The highest BCUT2D eigenvalue weighted by molar-refractivity contribution is 7.97. The van der Waals surface area contributed by atoms with E-state index < -0.39 is 0 Å². The van der Waals surface area contributed by atoms with Crippen molar-refractivity contribution in [2.75, 3.05) is 25.0 Å². The molecule has 2 heterocycles. The van der Waals surface area contributed by atoms with Crippen LogP contribution in [0.15, 0.2) is 44.9 Å². The van der Waals surface area contributed by atoms with Crippen molar-refractivity contribution in [2.24, 2.45) is 15.7 Å². The van der Waals surface area contributed by atoms with E-state index in [-0.39, 0.29) is 17.5 Å². The lowest BCUT2D eigenvalue weighted by Crippen LogP contribution is -2.57. The Hall–Kier alpha value is -2.32. The van der Waals surface area contributed by atoms with Crippen molar-refractivity contribution in [3.63, 3.8) is 0 Å². The Bertz CT molecular complexity index is 904. The molecule has 0 aromatic heterocycles. The SMILES string of the molecule is CN=C/C(=C\N)CN1C(=O)c2cc(SNC3(C)CC3)ccc2N2C1=NCC[C@@H]2C. The Morgan fingerprint density at radius 3 is 2.97 bits per heavy atom. The number of guanidine groups is 1. The van der Waals surface area contributed by atoms with Crippen molar-refractivity contribution in [2.45, 2.75) is 49.6 Å². The van der Waals surface area contributed by atoms with Crippen LogP contribution in [0.1, 0.15) is 43.5 Å². The second kappa shape index (κ2) is 7.84. The average molecular weight is 413 g/mol. The quantitative estimate of drug-likeness (QED) is 0.554. The molecule has 7 nitrogen and oxygen atoms in total. The van der Waals surface area contributed by atoms with E-state index in [2.05, 4.69) is 34.5 Å². The summed E-state index contributed by atoms with van der Waals surface area (Å²) in [7, 11) is 1.69. The maximum Gasteiger partial charge on any atom is 0.263 e. The number of hydrogen-bond donors (Lipinski definition) is 2. The topological polar surface area (TPSA) is 86.3 Å². The summed E-state index contributed by atoms with van der Waals surface area (Å²) in [6, 6.07) is 6.39. The third-order valence-corrected chi connectivity index (χ3v) is 6.75. The van der Waals surface area contributed by atoms with Gasteiger partial charge < -0.3 is 10.6 Å². The molecular weight excluding hydrogens is 384 g/mol. The Morgan fingerprint density at radius 1 is 1.48 bits per heavy atom. The second-order valence-electron chi connectivity index (χ2n) is 8.15. The number of amides is 1. The normalized spacial score (nSPS) is 23.1. The zero-order valence-electron chi connectivity index (χ0n) is 17.2. The summed E-state index contributed by atoms with van der Waals surface area (Å²) in [6.07, 6.45) is 6.52. The zero-order valence-corrected chi connectivity index (χ0v) is 18.0. The minimum absolute atomic E-state index is 0.0481. The van der Waals surface area contributed by atoms with Gasteiger partial charge in [0.1, 0.15) is 0 Å². The van der Waals surface area contributed by atoms with Crippen LogP contribution in [0.5, 0.6) is 0 Å². The van der Waals surface area contributed by atoms with Gasteiger partial charge in [0.15, 0.2) is 0 Å². The van der Waals surface area contributed by atoms with Crippen LogP contribution in [-0.2, 0) is 0 Å². The molecule has 1 amide bonds. The summed E-state index contributed by atoms with van der Waals surface area (Å²) in [6.45, 7) is 5.46. The van der Waals surface area contributed by atoms with Gasteiger partial charge in [-0.1, -0.05) is 0 Å². The average Bonchev–Trinajstić information content (AvgIpc) is 3.46. The molecule has 0 spiro atoms. The number of carbonyl (C=O) groups excluding carboxylic acids is 1. The van der Waals surface area contributed by atoms with Gasteiger partial charge in [-0.2, -0.15) is 0 Å². The molecule has 0 saturated heterocycles. The van der Waals surface area contributed by atoms with Gasteiger partial charge in [-0.3, -0.25) is 24.4 Å². The number of aliphatic imine (C=N–C) groups is 2. The fourth-order valence-corrected chi connectivity index (χ4v) is 4.49. The van der Waals surface area contributed by atoms with E-state index in [1.54, 1.807) is 30.1 Å². The van der Waals surface area contributed by atoms with Gasteiger partial charge >= 0.3 is 0 Å². The lowest BCUT2D eigenvalue weighted by molar-refractivity contribution is 0.0847. The van der Waals surface area contributed by atoms with Gasteiger partial charge in [0.05, 0.1) is 17.8 Å². The molecule has 1 aromatic carbocycles. The van der Waals surface area contributed by atoms with Crippen LogP contribution >= 0.6 is 11.9 Å². The molecule has 1 fully saturated rings. The van der Waals surface area contributed by atoms with Crippen LogP contribution in [0.25, 0.3) is 0 Å². The summed E-state index contributed by atoms with van der Waals surface area (Å²) in [5.74, 6) is 0.655. The molecule has 0 unspecified atom stereocenters. The lowest BCUT2D eigenvalue weighted by atomic mass is 10.0. The Labute approximate surface area is 176 Å². The van der Waals surface area contributed by atoms with E-state index in [1.165, 1.54) is 19.0 Å². The van der Waals surface area contributed by atoms with Gasteiger partial charge in [-0.05, 0) is 63.3 Å². The summed E-state index contributed by atoms with van der Waals surface area (Å²) in [5.41, 5.74) is 8.40. The summed E-state index contributed by atoms with van der Waals surface area (Å²) >= 11 is 1.60. The first-order valence-electron chi connectivity index (χ1n) is 10.0. The summed E-state index contributed by atoms with van der Waals surface area (Å²) in [4.78, 5) is 27.2. The third-order valence-electron chi connectivity index (χ3n) is 5.67. The first-order chi connectivity index (χ1) is 14.0. The van der Waals surface area contributed by atoms with Crippen molar-refractivity contribution < 1.29 is 4.79 Å². The van der Waals surface area contributed by atoms with E-state index in [4.69, 9.17) is 10.7 Å². The van der Waals surface area contributed by atoms with Gasteiger partial charge in [-0.25, -0.2) is 0 Å². The molecule has 1 aromatic rings. The molecule has 0 bridgehead atoms. The van der Waals surface area contributed by atoms with Crippen molar-refractivity contribution in [3.05, 3.63) is 35.5 Å². The molecule has 1 atom stereocenters. The molecule has 2 aliphatic heterocycles. The second-order valence-corrected chi connectivity index (χ2v) is 9.03. The number of benzene rings is 1. The Balaban J connectivity index is 1.69. The number of fused-ring (bicyclic) bond motifs is 3. The van der Waals surface area contributed by atoms with Gasteiger partial charge in [0, 0.05) is 48.1 Å². The predicted octanol–water partition coefficient (Wildman–Crippen LogP) is 2.79. The van der Waals surface area contributed by atoms with Gasteiger partial charge in [0.25, 0.3) is 5.91 Å². The maximum absolute atomic E-state index is 13.5. The predicted molar refractivity (Wildman–Crippen MR) is 120 cm³/mol. The van der Waals surface area contributed by atoms with Crippen LogP contribution < -0.4 is 15.4 Å².